The lowest BCUT2D eigenvalue weighted by atomic mass is 10.1. The Morgan fingerprint density at radius 2 is 1.95 bits per heavy atom. The van der Waals surface area contributed by atoms with E-state index in [1.165, 1.54) is 35.0 Å². The number of alkyl halides is 3. The number of hydrogen-bond donors (Lipinski definition) is 0. The molecule has 40 heavy (non-hydrogen) atoms. The molecule has 0 N–H and O–H groups in total. The van der Waals surface area contributed by atoms with Crippen molar-refractivity contribution in [1.29, 1.82) is 0 Å². The third-order valence-corrected chi connectivity index (χ3v) is 6.98. The van der Waals surface area contributed by atoms with Crippen molar-refractivity contribution in [3.8, 4) is 28.7 Å². The number of hydrogen-bond acceptors (Lipinski definition) is 7. The second kappa shape index (κ2) is 9.68. The van der Waals surface area contributed by atoms with Crippen molar-refractivity contribution in [1.82, 2.24) is 34.3 Å². The van der Waals surface area contributed by atoms with Crippen molar-refractivity contribution < 1.29 is 27.1 Å². The van der Waals surface area contributed by atoms with E-state index in [-0.39, 0.29) is 42.7 Å². The molecule has 1 fully saturated rings. The zero-order valence-electron chi connectivity index (χ0n) is 21.6. The summed E-state index contributed by atoms with van der Waals surface area (Å²) in [7, 11) is 1.50. The van der Waals surface area contributed by atoms with Crippen LogP contribution in [0.3, 0.4) is 0 Å². The maximum atomic E-state index is 15.2. The van der Waals surface area contributed by atoms with E-state index in [1.54, 1.807) is 17.7 Å². The fraction of sp³-hybridized carbons (Fsp3) is 0.385. The van der Waals surface area contributed by atoms with E-state index in [9.17, 15) is 18.0 Å². The van der Waals surface area contributed by atoms with E-state index in [1.807, 2.05) is 0 Å². The number of methoxy groups -OCH3 is 1. The average Bonchev–Trinajstić information content (AvgIpc) is 3.53. The highest BCUT2D eigenvalue weighted by Crippen LogP contribution is 2.45. The number of halogens is 4. The van der Waals surface area contributed by atoms with Crippen molar-refractivity contribution in [3.05, 3.63) is 53.5 Å². The molecule has 0 unspecified atom stereocenters. The lowest BCUT2D eigenvalue weighted by Crippen LogP contribution is -2.37. The highest BCUT2D eigenvalue weighted by atomic mass is 19.4. The molecule has 0 bridgehead atoms. The number of imidazole rings is 1. The van der Waals surface area contributed by atoms with Gasteiger partial charge >= 0.3 is 6.18 Å². The van der Waals surface area contributed by atoms with E-state index in [4.69, 9.17) is 4.74 Å². The minimum atomic E-state index is -4.65. The predicted octanol–water partition coefficient (Wildman–Crippen LogP) is 4.60. The summed E-state index contributed by atoms with van der Waals surface area (Å²) in [5.41, 5.74) is 0.649. The molecule has 1 aliphatic carbocycles. The Labute approximate surface area is 225 Å². The molecule has 3 aromatic heterocycles. The number of aryl methyl sites for hydroxylation is 2. The summed E-state index contributed by atoms with van der Waals surface area (Å²) in [6.45, 7) is 2.14. The molecule has 2 aliphatic rings. The van der Waals surface area contributed by atoms with Gasteiger partial charge in [-0.3, -0.25) is 9.69 Å². The number of amides is 1. The largest absolute Gasteiger partial charge is 0.480 e. The topological polar surface area (TPSA) is 104 Å². The molecule has 1 saturated carbocycles. The first-order chi connectivity index (χ1) is 19.2. The lowest BCUT2D eigenvalue weighted by molar-refractivity contribution is -0.140. The molecule has 0 spiro atoms. The van der Waals surface area contributed by atoms with Crippen LogP contribution in [0.4, 0.5) is 23.5 Å². The standard InChI is InChI=1S/C26H24F4N8O2/c1-3-36-12-18(26(28,29)30)33-23(36)16-7-4-14(10-17(16)27)11-37-19(39)8-9-38-25(37)34-22(35-38)20-21(15-5-6-15)31-13-32-24(20)40-2/h4,7,10,12-13,15H,3,5-6,8-9,11H2,1-2H3. The number of carbonyl (C=O) groups excluding carboxylic acids is 1. The third-order valence-electron chi connectivity index (χ3n) is 6.98. The Hall–Kier alpha value is -4.36. The second-order valence-electron chi connectivity index (χ2n) is 9.65. The van der Waals surface area contributed by atoms with Crippen LogP contribution in [0.25, 0.3) is 22.8 Å². The van der Waals surface area contributed by atoms with Crippen LogP contribution in [0.15, 0.2) is 30.7 Å². The van der Waals surface area contributed by atoms with Gasteiger partial charge in [-0.25, -0.2) is 24.0 Å². The minimum Gasteiger partial charge on any atom is -0.480 e. The number of aromatic nitrogens is 7. The molecule has 14 heteroatoms. The molecule has 4 heterocycles. The van der Waals surface area contributed by atoms with Gasteiger partial charge in [0.1, 0.15) is 23.5 Å². The van der Waals surface area contributed by atoms with E-state index in [0.717, 1.165) is 24.7 Å². The van der Waals surface area contributed by atoms with Crippen LogP contribution >= 0.6 is 0 Å². The molecule has 10 nitrogen and oxygen atoms in total. The Bertz CT molecular complexity index is 1610. The van der Waals surface area contributed by atoms with E-state index in [0.29, 0.717) is 35.3 Å². The van der Waals surface area contributed by atoms with E-state index >= 15 is 4.39 Å². The molecular weight excluding hydrogens is 532 g/mol. The maximum Gasteiger partial charge on any atom is 0.434 e. The summed E-state index contributed by atoms with van der Waals surface area (Å²) in [4.78, 5) is 31.3. The first-order valence-electron chi connectivity index (χ1n) is 12.8. The highest BCUT2D eigenvalue weighted by molar-refractivity contribution is 5.93. The molecule has 1 aliphatic heterocycles. The van der Waals surface area contributed by atoms with E-state index < -0.39 is 17.7 Å². The third kappa shape index (κ3) is 4.56. The highest BCUT2D eigenvalue weighted by Gasteiger charge is 2.36. The number of anilines is 1. The molecule has 4 aromatic rings. The number of rotatable bonds is 7. The summed E-state index contributed by atoms with van der Waals surface area (Å²) in [5, 5.41) is 4.61. The van der Waals surface area contributed by atoms with E-state index in [2.05, 4.69) is 25.0 Å². The molecule has 1 amide bonds. The van der Waals surface area contributed by atoms with Crippen LogP contribution in [-0.2, 0) is 30.6 Å². The van der Waals surface area contributed by atoms with Gasteiger partial charge in [0.25, 0.3) is 0 Å². The van der Waals surface area contributed by atoms with Crippen LogP contribution in [0.5, 0.6) is 5.88 Å². The average molecular weight is 557 g/mol. The van der Waals surface area contributed by atoms with Gasteiger partial charge < -0.3 is 9.30 Å². The van der Waals surface area contributed by atoms with Gasteiger partial charge in [0.15, 0.2) is 11.5 Å². The van der Waals surface area contributed by atoms with Crippen LogP contribution in [0.1, 0.15) is 49.1 Å². The molecule has 6 rings (SSSR count). The Morgan fingerprint density at radius 3 is 2.62 bits per heavy atom. The number of ether oxygens (including phenoxy) is 1. The number of carbonyl (C=O) groups is 1. The summed E-state index contributed by atoms with van der Waals surface area (Å²) >= 11 is 0. The first kappa shape index (κ1) is 25.9. The summed E-state index contributed by atoms with van der Waals surface area (Å²) < 4.78 is 63.2. The van der Waals surface area contributed by atoms with Gasteiger partial charge in [0, 0.05) is 25.1 Å². The van der Waals surface area contributed by atoms with Crippen molar-refractivity contribution >= 4 is 11.9 Å². The normalized spacial score (nSPS) is 15.4. The van der Waals surface area contributed by atoms with Crippen molar-refractivity contribution in [2.45, 2.75) is 57.9 Å². The Balaban J connectivity index is 1.32. The van der Waals surface area contributed by atoms with Gasteiger partial charge in [0.2, 0.25) is 17.7 Å². The van der Waals surface area contributed by atoms with Gasteiger partial charge in [-0.15, -0.1) is 5.10 Å². The smallest absolute Gasteiger partial charge is 0.434 e. The molecule has 0 saturated heterocycles. The Morgan fingerprint density at radius 1 is 1.15 bits per heavy atom. The van der Waals surface area contributed by atoms with Crippen LogP contribution in [-0.4, -0.2) is 47.3 Å². The van der Waals surface area contributed by atoms with Crippen molar-refractivity contribution in [3.63, 3.8) is 0 Å². The molecule has 208 valence electrons. The van der Waals surface area contributed by atoms with Gasteiger partial charge in [-0.05, 0) is 37.5 Å². The molecule has 0 atom stereocenters. The number of nitrogens with zero attached hydrogens (tertiary/aromatic N) is 8. The van der Waals surface area contributed by atoms with Gasteiger partial charge in [0.05, 0.1) is 31.5 Å². The van der Waals surface area contributed by atoms with Crippen molar-refractivity contribution in [2.75, 3.05) is 12.0 Å². The quantitative estimate of drug-likeness (QED) is 0.307. The molecular formula is C26H24F4N8O2. The van der Waals surface area contributed by atoms with Crippen LogP contribution < -0.4 is 9.64 Å². The minimum absolute atomic E-state index is 0.0118. The lowest BCUT2D eigenvalue weighted by Gasteiger charge is -2.26. The number of benzene rings is 1. The SMILES string of the molecule is CCn1cc(C(F)(F)F)nc1-c1ccc(CN2C(=O)CCn3nc(-c4c(OC)ncnc4C4CC4)nc32)cc1F. The number of fused-ring (bicyclic) bond motifs is 1. The van der Waals surface area contributed by atoms with Crippen LogP contribution in [0, 0.1) is 5.82 Å². The molecule has 0 radical (unpaired) electrons. The second-order valence-corrected chi connectivity index (χ2v) is 9.65. The summed E-state index contributed by atoms with van der Waals surface area (Å²) in [6.07, 6.45) is -0.198. The Kier molecular flexibility index (Phi) is 6.27. The zero-order chi connectivity index (χ0) is 28.2. The predicted molar refractivity (Wildman–Crippen MR) is 134 cm³/mol. The van der Waals surface area contributed by atoms with Gasteiger partial charge in [-0.2, -0.15) is 18.2 Å². The van der Waals surface area contributed by atoms with Crippen molar-refractivity contribution in [2.24, 2.45) is 0 Å². The monoisotopic (exact) mass is 556 g/mol. The zero-order valence-corrected chi connectivity index (χ0v) is 21.6. The fourth-order valence-corrected chi connectivity index (χ4v) is 4.84. The summed E-state index contributed by atoms with van der Waals surface area (Å²) in [5.74, 6) is 0.144. The fourth-order valence-electron chi connectivity index (χ4n) is 4.84. The van der Waals surface area contributed by atoms with Crippen LogP contribution in [0.2, 0.25) is 0 Å². The summed E-state index contributed by atoms with van der Waals surface area (Å²) in [6, 6.07) is 4.13. The maximum absolute atomic E-state index is 15.2. The van der Waals surface area contributed by atoms with Gasteiger partial charge in [-0.1, -0.05) is 6.07 Å². The molecule has 1 aromatic carbocycles. The first-order valence-corrected chi connectivity index (χ1v) is 12.8.